The first kappa shape index (κ1) is 11.7. The van der Waals surface area contributed by atoms with Crippen molar-refractivity contribution in [3.05, 3.63) is 28.3 Å². The molecule has 2 atom stereocenters. The second-order valence-electron chi connectivity index (χ2n) is 4.84. The first-order chi connectivity index (χ1) is 7.61. The van der Waals surface area contributed by atoms with Gasteiger partial charge in [0.25, 0.3) is 0 Å². The fraction of sp³-hybridized carbons (Fsp3) is 0.538. The van der Waals surface area contributed by atoms with E-state index in [0.29, 0.717) is 12.0 Å². The molecule has 0 fully saturated rings. The summed E-state index contributed by atoms with van der Waals surface area (Å²) in [4.78, 5) is 0. The van der Waals surface area contributed by atoms with E-state index in [1.54, 1.807) is 0 Å². The number of hydrogen-bond acceptors (Lipinski definition) is 2. The molecule has 0 amide bonds. The Morgan fingerprint density at radius 1 is 1.56 bits per heavy atom. The molecule has 3 heteroatoms. The Morgan fingerprint density at radius 2 is 2.31 bits per heavy atom. The summed E-state index contributed by atoms with van der Waals surface area (Å²) in [5.74, 6) is 0.561. The van der Waals surface area contributed by atoms with Gasteiger partial charge in [-0.15, -0.1) is 0 Å². The quantitative estimate of drug-likeness (QED) is 0.850. The standard InChI is InChI=1S/C13H19ClN2/c1-8(7-15)5-10-6-11-12(14)4-3-9(2)13(11)16-10/h3-4,8,10,16H,5-7,15H2,1-2H3. The van der Waals surface area contributed by atoms with Crippen molar-refractivity contribution >= 4 is 17.3 Å². The van der Waals surface area contributed by atoms with Crippen LogP contribution in [0.5, 0.6) is 0 Å². The van der Waals surface area contributed by atoms with Crippen LogP contribution in [0, 0.1) is 12.8 Å². The highest BCUT2D eigenvalue weighted by Crippen LogP contribution is 2.36. The molecule has 1 aromatic rings. The number of hydrogen-bond donors (Lipinski definition) is 2. The maximum absolute atomic E-state index is 6.21. The minimum atomic E-state index is 0.493. The summed E-state index contributed by atoms with van der Waals surface area (Å²) in [6.45, 7) is 5.07. The molecule has 0 bridgehead atoms. The number of rotatable bonds is 3. The van der Waals surface area contributed by atoms with Crippen molar-refractivity contribution in [2.45, 2.75) is 32.7 Å². The van der Waals surface area contributed by atoms with Crippen molar-refractivity contribution in [1.82, 2.24) is 0 Å². The molecule has 0 saturated heterocycles. The van der Waals surface area contributed by atoms with Gasteiger partial charge in [-0.25, -0.2) is 0 Å². The van der Waals surface area contributed by atoms with Gasteiger partial charge in [0, 0.05) is 16.8 Å². The van der Waals surface area contributed by atoms with Crippen molar-refractivity contribution < 1.29 is 0 Å². The molecule has 2 rings (SSSR count). The van der Waals surface area contributed by atoms with Crippen molar-refractivity contribution in [2.75, 3.05) is 11.9 Å². The van der Waals surface area contributed by atoms with E-state index >= 15 is 0 Å². The summed E-state index contributed by atoms with van der Waals surface area (Å²) in [6, 6.07) is 4.56. The molecule has 3 N–H and O–H groups in total. The summed E-state index contributed by atoms with van der Waals surface area (Å²) < 4.78 is 0. The summed E-state index contributed by atoms with van der Waals surface area (Å²) in [5, 5.41) is 4.45. The van der Waals surface area contributed by atoms with Crippen LogP contribution in [0.4, 0.5) is 5.69 Å². The fourth-order valence-electron chi connectivity index (χ4n) is 2.37. The molecule has 16 heavy (non-hydrogen) atoms. The van der Waals surface area contributed by atoms with E-state index in [1.807, 2.05) is 6.07 Å². The predicted molar refractivity (Wildman–Crippen MR) is 70.1 cm³/mol. The molecule has 1 aromatic carbocycles. The van der Waals surface area contributed by atoms with Gasteiger partial charge < -0.3 is 11.1 Å². The Bertz CT molecular complexity index is 359. The van der Waals surface area contributed by atoms with E-state index in [0.717, 1.165) is 24.4 Å². The third kappa shape index (κ3) is 2.18. The molecular weight excluding hydrogens is 220 g/mol. The van der Waals surface area contributed by atoms with Crippen LogP contribution in [-0.2, 0) is 6.42 Å². The van der Waals surface area contributed by atoms with E-state index < -0.39 is 0 Å². The highest BCUT2D eigenvalue weighted by molar-refractivity contribution is 6.31. The van der Waals surface area contributed by atoms with Crippen molar-refractivity contribution in [2.24, 2.45) is 11.7 Å². The molecule has 88 valence electrons. The molecule has 0 spiro atoms. The fourth-order valence-corrected chi connectivity index (χ4v) is 2.60. The monoisotopic (exact) mass is 238 g/mol. The van der Waals surface area contributed by atoms with Gasteiger partial charge in [-0.05, 0) is 49.4 Å². The van der Waals surface area contributed by atoms with Crippen LogP contribution in [-0.4, -0.2) is 12.6 Å². The molecule has 2 nitrogen and oxygen atoms in total. The molecule has 1 heterocycles. The van der Waals surface area contributed by atoms with Crippen molar-refractivity contribution in [3.63, 3.8) is 0 Å². The molecule has 0 saturated carbocycles. The largest absolute Gasteiger partial charge is 0.381 e. The minimum absolute atomic E-state index is 0.493. The van der Waals surface area contributed by atoms with Gasteiger partial charge in [0.15, 0.2) is 0 Å². The van der Waals surface area contributed by atoms with Crippen molar-refractivity contribution in [1.29, 1.82) is 0 Å². The lowest BCUT2D eigenvalue weighted by atomic mass is 9.99. The number of benzene rings is 1. The van der Waals surface area contributed by atoms with Crippen LogP contribution in [0.2, 0.25) is 5.02 Å². The molecular formula is C13H19ClN2. The summed E-state index contributed by atoms with van der Waals surface area (Å²) in [6.07, 6.45) is 2.14. The SMILES string of the molecule is Cc1ccc(Cl)c2c1NC(CC(C)CN)C2. The van der Waals surface area contributed by atoms with Gasteiger partial charge >= 0.3 is 0 Å². The molecule has 0 aliphatic carbocycles. The van der Waals surface area contributed by atoms with E-state index in [1.165, 1.54) is 16.8 Å². The van der Waals surface area contributed by atoms with Crippen LogP contribution in [0.1, 0.15) is 24.5 Å². The number of fused-ring (bicyclic) bond motifs is 1. The van der Waals surface area contributed by atoms with Gasteiger partial charge in [0.1, 0.15) is 0 Å². The van der Waals surface area contributed by atoms with E-state index in [4.69, 9.17) is 17.3 Å². The smallest absolute Gasteiger partial charge is 0.0459 e. The Morgan fingerprint density at radius 3 is 2.94 bits per heavy atom. The van der Waals surface area contributed by atoms with Gasteiger partial charge in [-0.2, -0.15) is 0 Å². The first-order valence-corrected chi connectivity index (χ1v) is 6.24. The molecule has 1 aliphatic rings. The van der Waals surface area contributed by atoms with Crippen LogP contribution >= 0.6 is 11.6 Å². The van der Waals surface area contributed by atoms with Crippen LogP contribution in [0.25, 0.3) is 0 Å². The number of nitrogens with one attached hydrogen (secondary N) is 1. The number of anilines is 1. The predicted octanol–water partition coefficient (Wildman–Crippen LogP) is 2.97. The van der Waals surface area contributed by atoms with Gasteiger partial charge in [-0.1, -0.05) is 24.6 Å². The zero-order valence-corrected chi connectivity index (χ0v) is 10.6. The van der Waals surface area contributed by atoms with Crippen LogP contribution in [0.3, 0.4) is 0 Å². The number of nitrogens with two attached hydrogens (primary N) is 1. The molecule has 0 aromatic heterocycles. The lowest BCUT2D eigenvalue weighted by molar-refractivity contribution is 0.496. The van der Waals surface area contributed by atoms with Gasteiger partial charge in [0.2, 0.25) is 0 Å². The normalized spacial score (nSPS) is 20.4. The number of aryl methyl sites for hydroxylation is 1. The summed E-state index contributed by atoms with van der Waals surface area (Å²) in [5.41, 5.74) is 9.45. The Balaban J connectivity index is 2.14. The van der Waals surface area contributed by atoms with Gasteiger partial charge in [-0.3, -0.25) is 0 Å². The van der Waals surface area contributed by atoms with E-state index in [2.05, 4.69) is 25.2 Å². The zero-order chi connectivity index (χ0) is 11.7. The average Bonchev–Trinajstić information content (AvgIpc) is 2.68. The summed E-state index contributed by atoms with van der Waals surface area (Å²) >= 11 is 6.21. The topological polar surface area (TPSA) is 38.0 Å². The van der Waals surface area contributed by atoms with Crippen LogP contribution < -0.4 is 11.1 Å². The van der Waals surface area contributed by atoms with Gasteiger partial charge in [0.05, 0.1) is 0 Å². The lowest BCUT2D eigenvalue weighted by Gasteiger charge is -2.15. The molecule has 2 unspecified atom stereocenters. The molecule has 1 aliphatic heterocycles. The Labute approximate surface area is 102 Å². The third-order valence-corrected chi connectivity index (χ3v) is 3.71. The summed E-state index contributed by atoms with van der Waals surface area (Å²) in [7, 11) is 0. The minimum Gasteiger partial charge on any atom is -0.381 e. The third-order valence-electron chi connectivity index (χ3n) is 3.35. The zero-order valence-electron chi connectivity index (χ0n) is 9.89. The second kappa shape index (κ2) is 4.64. The highest BCUT2D eigenvalue weighted by atomic mass is 35.5. The van der Waals surface area contributed by atoms with E-state index in [9.17, 15) is 0 Å². The van der Waals surface area contributed by atoms with Crippen molar-refractivity contribution in [3.8, 4) is 0 Å². The van der Waals surface area contributed by atoms with E-state index in [-0.39, 0.29) is 0 Å². The molecule has 0 radical (unpaired) electrons. The first-order valence-electron chi connectivity index (χ1n) is 5.86. The Kier molecular flexibility index (Phi) is 3.41. The highest BCUT2D eigenvalue weighted by Gasteiger charge is 2.25. The average molecular weight is 239 g/mol. The van der Waals surface area contributed by atoms with Crippen LogP contribution in [0.15, 0.2) is 12.1 Å². The Hall–Kier alpha value is -0.730. The maximum Gasteiger partial charge on any atom is 0.0459 e. The maximum atomic E-state index is 6.21. The second-order valence-corrected chi connectivity index (χ2v) is 5.25. The lowest BCUT2D eigenvalue weighted by Crippen LogP contribution is -2.23. The number of halogens is 1.